The van der Waals surface area contributed by atoms with Crippen molar-refractivity contribution in [2.45, 2.75) is 57.1 Å². The first-order valence-electron chi connectivity index (χ1n) is 4.64. The van der Waals surface area contributed by atoms with Crippen LogP contribution < -0.4 is 0 Å². The first-order chi connectivity index (χ1) is 6.02. The maximum absolute atomic E-state index is 9.82. The molecular formula is C9H19NO4. The summed E-state index contributed by atoms with van der Waals surface area (Å²) in [5.74, 6) is -2.16. The highest BCUT2D eigenvalue weighted by Crippen LogP contribution is 2.40. The Kier molecular flexibility index (Phi) is 2.46. The van der Waals surface area contributed by atoms with Gasteiger partial charge in [-0.2, -0.15) is 5.06 Å². The minimum absolute atomic E-state index is 0.110. The van der Waals surface area contributed by atoms with Crippen molar-refractivity contribution in [3.05, 3.63) is 0 Å². The van der Waals surface area contributed by atoms with Crippen LogP contribution >= 0.6 is 0 Å². The van der Waals surface area contributed by atoms with Gasteiger partial charge in [-0.15, -0.1) is 0 Å². The van der Waals surface area contributed by atoms with Crippen molar-refractivity contribution < 1.29 is 20.5 Å². The predicted molar refractivity (Wildman–Crippen MR) is 49.6 cm³/mol. The van der Waals surface area contributed by atoms with Crippen molar-refractivity contribution in [2.75, 3.05) is 0 Å². The molecule has 1 saturated heterocycles. The Morgan fingerprint density at radius 1 is 1.14 bits per heavy atom. The zero-order chi connectivity index (χ0) is 11.4. The van der Waals surface area contributed by atoms with Crippen LogP contribution in [-0.4, -0.2) is 48.6 Å². The molecule has 0 aromatic carbocycles. The molecule has 5 heteroatoms. The van der Waals surface area contributed by atoms with E-state index in [0.29, 0.717) is 0 Å². The van der Waals surface area contributed by atoms with Crippen LogP contribution in [0.1, 0.15) is 34.1 Å². The second kappa shape index (κ2) is 2.90. The van der Waals surface area contributed by atoms with E-state index in [2.05, 4.69) is 0 Å². The van der Waals surface area contributed by atoms with Crippen LogP contribution in [0, 0.1) is 0 Å². The average Bonchev–Trinajstić information content (AvgIpc) is 1.97. The Bertz CT molecular complexity index is 215. The maximum Gasteiger partial charge on any atom is 0.193 e. The lowest BCUT2D eigenvalue weighted by atomic mass is 9.76. The standard InChI is InChI=1S/C9H19NO4/c1-7(2)5-9(12,13)6(11)8(3,4)10(7)14/h6,11-14H,5H2,1-4H3. The maximum atomic E-state index is 9.82. The molecule has 1 unspecified atom stereocenters. The second-order valence-electron chi connectivity index (χ2n) is 5.24. The number of hydrogen-bond acceptors (Lipinski definition) is 5. The number of piperidine rings is 1. The Morgan fingerprint density at radius 2 is 1.57 bits per heavy atom. The van der Waals surface area contributed by atoms with E-state index in [-0.39, 0.29) is 6.42 Å². The lowest BCUT2D eigenvalue weighted by molar-refractivity contribution is -0.360. The summed E-state index contributed by atoms with van der Waals surface area (Å²) in [4.78, 5) is 0. The molecule has 0 aromatic rings. The lowest BCUT2D eigenvalue weighted by Crippen LogP contribution is -2.72. The molecule has 1 atom stereocenters. The minimum Gasteiger partial charge on any atom is -0.385 e. The van der Waals surface area contributed by atoms with Crippen LogP contribution in [0.25, 0.3) is 0 Å². The molecule has 0 bridgehead atoms. The third-order valence-corrected chi connectivity index (χ3v) is 2.92. The summed E-state index contributed by atoms with van der Waals surface area (Å²) in [6.07, 6.45) is -1.52. The van der Waals surface area contributed by atoms with E-state index >= 15 is 0 Å². The van der Waals surface area contributed by atoms with Gasteiger partial charge in [-0.05, 0) is 27.7 Å². The van der Waals surface area contributed by atoms with E-state index < -0.39 is 23.0 Å². The van der Waals surface area contributed by atoms with Crippen molar-refractivity contribution in [1.29, 1.82) is 0 Å². The highest BCUT2D eigenvalue weighted by atomic mass is 16.5. The third kappa shape index (κ3) is 1.55. The van der Waals surface area contributed by atoms with Gasteiger partial charge in [-0.1, -0.05) is 0 Å². The molecule has 4 N–H and O–H groups in total. The molecule has 0 aromatic heterocycles. The molecule has 0 radical (unpaired) electrons. The molecule has 1 aliphatic rings. The highest BCUT2D eigenvalue weighted by molar-refractivity contribution is 5.05. The Morgan fingerprint density at radius 3 is 2.00 bits per heavy atom. The molecule has 0 spiro atoms. The Balaban J connectivity index is 3.10. The van der Waals surface area contributed by atoms with Gasteiger partial charge in [0.15, 0.2) is 5.79 Å². The molecule has 1 fully saturated rings. The van der Waals surface area contributed by atoms with Crippen molar-refractivity contribution in [1.82, 2.24) is 5.06 Å². The van der Waals surface area contributed by atoms with Crippen LogP contribution in [0.3, 0.4) is 0 Å². The molecule has 1 rings (SSSR count). The van der Waals surface area contributed by atoms with E-state index in [4.69, 9.17) is 0 Å². The topological polar surface area (TPSA) is 84.2 Å². The van der Waals surface area contributed by atoms with Crippen LogP contribution in [-0.2, 0) is 0 Å². The minimum atomic E-state index is -2.16. The van der Waals surface area contributed by atoms with E-state index in [1.807, 2.05) is 0 Å². The number of aliphatic hydroxyl groups is 3. The molecule has 84 valence electrons. The Labute approximate surface area is 83.5 Å². The van der Waals surface area contributed by atoms with Gasteiger partial charge in [-0.3, -0.25) is 0 Å². The Hall–Kier alpha value is -0.200. The number of rotatable bonds is 0. The molecule has 0 saturated carbocycles. The lowest BCUT2D eigenvalue weighted by Gasteiger charge is -2.55. The first-order valence-corrected chi connectivity index (χ1v) is 4.64. The highest BCUT2D eigenvalue weighted by Gasteiger charge is 2.57. The zero-order valence-electron chi connectivity index (χ0n) is 9.02. The van der Waals surface area contributed by atoms with Gasteiger partial charge in [0.1, 0.15) is 6.10 Å². The van der Waals surface area contributed by atoms with Crippen LogP contribution in [0.4, 0.5) is 0 Å². The molecule has 1 heterocycles. The van der Waals surface area contributed by atoms with E-state index in [0.717, 1.165) is 5.06 Å². The summed E-state index contributed by atoms with van der Waals surface area (Å²) in [5, 5.41) is 39.7. The first kappa shape index (κ1) is 11.9. The largest absolute Gasteiger partial charge is 0.385 e. The molecule has 14 heavy (non-hydrogen) atoms. The summed E-state index contributed by atoms with van der Waals surface area (Å²) >= 11 is 0. The summed E-state index contributed by atoms with van der Waals surface area (Å²) < 4.78 is 0. The van der Waals surface area contributed by atoms with Crippen molar-refractivity contribution in [2.24, 2.45) is 0 Å². The smallest absolute Gasteiger partial charge is 0.193 e. The van der Waals surface area contributed by atoms with Crippen LogP contribution in [0.15, 0.2) is 0 Å². The van der Waals surface area contributed by atoms with E-state index in [1.54, 1.807) is 27.7 Å². The normalized spacial score (nSPS) is 35.6. The van der Waals surface area contributed by atoms with Gasteiger partial charge in [-0.25, -0.2) is 0 Å². The van der Waals surface area contributed by atoms with Gasteiger partial charge in [0.25, 0.3) is 0 Å². The molecule has 5 nitrogen and oxygen atoms in total. The number of aliphatic hydroxyl groups excluding tert-OH is 1. The summed E-state index contributed by atoms with van der Waals surface area (Å²) in [6, 6.07) is 0. The molecular weight excluding hydrogens is 186 g/mol. The molecule has 0 amide bonds. The second-order valence-corrected chi connectivity index (χ2v) is 5.24. The van der Waals surface area contributed by atoms with Crippen LogP contribution in [0.5, 0.6) is 0 Å². The molecule has 1 aliphatic heterocycles. The van der Waals surface area contributed by atoms with Crippen LogP contribution in [0.2, 0.25) is 0 Å². The van der Waals surface area contributed by atoms with Gasteiger partial charge >= 0.3 is 0 Å². The van der Waals surface area contributed by atoms with E-state index in [9.17, 15) is 20.5 Å². The van der Waals surface area contributed by atoms with Crippen molar-refractivity contribution in [3.63, 3.8) is 0 Å². The fourth-order valence-electron chi connectivity index (χ4n) is 2.27. The van der Waals surface area contributed by atoms with Crippen molar-refractivity contribution >= 4 is 0 Å². The van der Waals surface area contributed by atoms with Gasteiger partial charge in [0.2, 0.25) is 0 Å². The molecule has 0 aliphatic carbocycles. The quantitative estimate of drug-likeness (QED) is 0.407. The number of hydrogen-bond donors (Lipinski definition) is 4. The summed E-state index contributed by atoms with van der Waals surface area (Å²) in [5.41, 5.74) is -1.88. The van der Waals surface area contributed by atoms with Gasteiger partial charge in [0, 0.05) is 12.0 Å². The van der Waals surface area contributed by atoms with E-state index in [1.165, 1.54) is 0 Å². The number of nitrogens with zero attached hydrogens (tertiary/aromatic N) is 1. The monoisotopic (exact) mass is 205 g/mol. The fourth-order valence-corrected chi connectivity index (χ4v) is 2.27. The van der Waals surface area contributed by atoms with Gasteiger partial charge in [0.05, 0.1) is 5.54 Å². The predicted octanol–water partition coefficient (Wildman–Crippen LogP) is -0.320. The zero-order valence-corrected chi connectivity index (χ0v) is 9.02. The average molecular weight is 205 g/mol. The SMILES string of the molecule is CC1(C)CC(O)(O)C(O)C(C)(C)N1O. The van der Waals surface area contributed by atoms with Crippen molar-refractivity contribution in [3.8, 4) is 0 Å². The summed E-state index contributed by atoms with van der Waals surface area (Å²) in [7, 11) is 0. The van der Waals surface area contributed by atoms with Gasteiger partial charge < -0.3 is 20.5 Å². The fraction of sp³-hybridized carbons (Fsp3) is 1.00. The third-order valence-electron chi connectivity index (χ3n) is 2.92. The number of hydroxylamine groups is 2. The summed E-state index contributed by atoms with van der Waals surface area (Å²) in [6.45, 7) is 6.48.